The van der Waals surface area contributed by atoms with E-state index in [-0.39, 0.29) is 5.91 Å². The molecule has 126 valence electrons. The number of amides is 1. The van der Waals surface area contributed by atoms with Crippen molar-refractivity contribution >= 4 is 29.0 Å². The molecule has 2 N–H and O–H groups in total. The topological polar surface area (TPSA) is 54.0 Å². The number of halogens is 1. The van der Waals surface area contributed by atoms with Crippen LogP contribution in [0.5, 0.6) is 0 Å². The Bertz CT molecular complexity index is 861. The minimum absolute atomic E-state index is 0.222. The van der Waals surface area contributed by atoms with E-state index in [0.717, 1.165) is 5.82 Å². The zero-order valence-corrected chi connectivity index (χ0v) is 14.5. The third kappa shape index (κ3) is 4.81. The number of nitrogens with zero attached hydrogens (tertiary/aromatic N) is 1. The molecule has 1 heterocycles. The molecule has 3 rings (SSSR count). The third-order valence-electron chi connectivity index (χ3n) is 3.70. The molecule has 0 atom stereocenters. The van der Waals surface area contributed by atoms with Crippen molar-refractivity contribution in [1.29, 1.82) is 0 Å². The molecule has 0 fully saturated rings. The van der Waals surface area contributed by atoms with Crippen molar-refractivity contribution in [3.63, 3.8) is 0 Å². The highest BCUT2D eigenvalue weighted by Gasteiger charge is 2.07. The van der Waals surface area contributed by atoms with Crippen molar-refractivity contribution in [2.24, 2.45) is 0 Å². The van der Waals surface area contributed by atoms with E-state index in [0.29, 0.717) is 22.8 Å². The molecule has 0 aliphatic rings. The Kier molecular flexibility index (Phi) is 5.31. The summed E-state index contributed by atoms with van der Waals surface area (Å²) >= 11 is 5.92. The molecule has 2 aromatic carbocycles. The summed E-state index contributed by atoms with van der Waals surface area (Å²) in [4.78, 5) is 16.5. The van der Waals surface area contributed by atoms with Crippen molar-refractivity contribution in [1.82, 2.24) is 4.98 Å². The summed E-state index contributed by atoms with van der Waals surface area (Å²) in [6.07, 6.45) is 1.55. The number of anilines is 2. The summed E-state index contributed by atoms with van der Waals surface area (Å²) in [5, 5.41) is 6.62. The number of benzene rings is 2. The van der Waals surface area contributed by atoms with Gasteiger partial charge < -0.3 is 10.6 Å². The van der Waals surface area contributed by atoms with Gasteiger partial charge in [-0.2, -0.15) is 0 Å². The van der Waals surface area contributed by atoms with Gasteiger partial charge in [-0.3, -0.25) is 4.79 Å². The first-order chi connectivity index (χ1) is 12.1. The van der Waals surface area contributed by atoms with Crippen LogP contribution < -0.4 is 10.6 Å². The molecule has 0 spiro atoms. The summed E-state index contributed by atoms with van der Waals surface area (Å²) < 4.78 is 0. The van der Waals surface area contributed by atoms with Gasteiger partial charge in [0.05, 0.1) is 5.56 Å². The van der Waals surface area contributed by atoms with E-state index in [2.05, 4.69) is 46.8 Å². The monoisotopic (exact) mass is 351 g/mol. The first kappa shape index (κ1) is 17.0. The Labute approximate surface area is 151 Å². The zero-order valence-electron chi connectivity index (χ0n) is 13.8. The lowest BCUT2D eigenvalue weighted by Crippen LogP contribution is -2.12. The molecule has 0 aliphatic carbocycles. The minimum atomic E-state index is -0.222. The van der Waals surface area contributed by atoms with E-state index < -0.39 is 0 Å². The van der Waals surface area contributed by atoms with Crippen LogP contribution in [0.3, 0.4) is 0 Å². The van der Waals surface area contributed by atoms with Crippen LogP contribution in [-0.4, -0.2) is 10.9 Å². The van der Waals surface area contributed by atoms with E-state index in [4.69, 9.17) is 11.6 Å². The highest BCUT2D eigenvalue weighted by molar-refractivity contribution is 6.30. The number of nitrogens with one attached hydrogen (secondary N) is 2. The fraction of sp³-hybridized carbons (Fsp3) is 0.100. The second kappa shape index (κ2) is 7.81. The normalized spacial score (nSPS) is 10.3. The van der Waals surface area contributed by atoms with Gasteiger partial charge >= 0.3 is 0 Å². The van der Waals surface area contributed by atoms with Gasteiger partial charge in [0.15, 0.2) is 0 Å². The average molecular weight is 352 g/mol. The summed E-state index contributed by atoms with van der Waals surface area (Å²) in [6.45, 7) is 2.74. The quantitative estimate of drug-likeness (QED) is 0.686. The van der Waals surface area contributed by atoms with Gasteiger partial charge in [0.2, 0.25) is 0 Å². The molecular formula is C20H18ClN3O. The van der Waals surface area contributed by atoms with Crippen molar-refractivity contribution in [3.05, 3.63) is 88.6 Å². The summed E-state index contributed by atoms with van der Waals surface area (Å²) in [5.74, 6) is 0.500. The number of carbonyl (C=O) groups is 1. The number of aromatic nitrogens is 1. The molecule has 25 heavy (non-hydrogen) atoms. The first-order valence-corrected chi connectivity index (χ1v) is 8.30. The molecular weight excluding hydrogens is 334 g/mol. The van der Waals surface area contributed by atoms with Crippen LogP contribution in [0.4, 0.5) is 11.5 Å². The molecule has 3 aromatic rings. The highest BCUT2D eigenvalue weighted by atomic mass is 35.5. The van der Waals surface area contributed by atoms with Crippen molar-refractivity contribution in [3.8, 4) is 0 Å². The standard InChI is InChI=1S/C20H18ClN3O/c1-14-5-7-15(8-6-14)12-22-19-10-9-16(13-23-19)20(25)24-18-4-2-3-17(21)11-18/h2-11,13H,12H2,1H3,(H,22,23)(H,24,25). The smallest absolute Gasteiger partial charge is 0.257 e. The number of pyridine rings is 1. The van der Waals surface area contributed by atoms with Crippen LogP contribution in [0.15, 0.2) is 66.9 Å². The second-order valence-corrected chi connectivity index (χ2v) is 6.17. The number of hydrogen-bond acceptors (Lipinski definition) is 3. The summed E-state index contributed by atoms with van der Waals surface area (Å²) in [5.41, 5.74) is 3.55. The number of rotatable bonds is 5. The maximum Gasteiger partial charge on any atom is 0.257 e. The largest absolute Gasteiger partial charge is 0.366 e. The van der Waals surface area contributed by atoms with Gasteiger partial charge in [0.1, 0.15) is 5.82 Å². The molecule has 0 unspecified atom stereocenters. The fourth-order valence-corrected chi connectivity index (χ4v) is 2.49. The highest BCUT2D eigenvalue weighted by Crippen LogP contribution is 2.16. The zero-order chi connectivity index (χ0) is 17.6. The number of aryl methyl sites for hydroxylation is 1. The van der Waals surface area contributed by atoms with Gasteiger partial charge in [-0.15, -0.1) is 0 Å². The fourth-order valence-electron chi connectivity index (χ4n) is 2.30. The van der Waals surface area contributed by atoms with Crippen molar-refractivity contribution in [2.75, 3.05) is 10.6 Å². The van der Waals surface area contributed by atoms with Gasteiger partial charge in [-0.05, 0) is 42.8 Å². The molecule has 0 saturated carbocycles. The Hall–Kier alpha value is -2.85. The van der Waals surface area contributed by atoms with Crippen LogP contribution in [0, 0.1) is 6.92 Å². The van der Waals surface area contributed by atoms with Crippen molar-refractivity contribution in [2.45, 2.75) is 13.5 Å². The van der Waals surface area contributed by atoms with Crippen LogP contribution in [0.25, 0.3) is 0 Å². The molecule has 1 aromatic heterocycles. The van der Waals surface area contributed by atoms with Gasteiger partial charge in [-0.1, -0.05) is 47.5 Å². The predicted molar refractivity (Wildman–Crippen MR) is 102 cm³/mol. The number of hydrogen-bond donors (Lipinski definition) is 2. The minimum Gasteiger partial charge on any atom is -0.366 e. The third-order valence-corrected chi connectivity index (χ3v) is 3.94. The summed E-state index contributed by atoms with van der Waals surface area (Å²) in [7, 11) is 0. The van der Waals surface area contributed by atoms with Crippen LogP contribution >= 0.6 is 11.6 Å². The average Bonchev–Trinajstić information content (AvgIpc) is 2.62. The lowest BCUT2D eigenvalue weighted by molar-refractivity contribution is 0.102. The number of carbonyl (C=O) groups excluding carboxylic acids is 1. The van der Waals surface area contributed by atoms with Crippen LogP contribution in [0.1, 0.15) is 21.5 Å². The Morgan fingerprint density at radius 2 is 1.88 bits per heavy atom. The second-order valence-electron chi connectivity index (χ2n) is 5.74. The Morgan fingerprint density at radius 3 is 2.56 bits per heavy atom. The maximum atomic E-state index is 12.2. The van der Waals surface area contributed by atoms with Gasteiger partial charge in [0.25, 0.3) is 5.91 Å². The van der Waals surface area contributed by atoms with Gasteiger partial charge in [0, 0.05) is 23.5 Å². The van der Waals surface area contributed by atoms with Crippen LogP contribution in [0.2, 0.25) is 5.02 Å². The molecule has 0 radical (unpaired) electrons. The predicted octanol–water partition coefficient (Wildman–Crippen LogP) is 4.91. The van der Waals surface area contributed by atoms with E-state index in [1.54, 1.807) is 42.6 Å². The van der Waals surface area contributed by atoms with Crippen LogP contribution in [-0.2, 0) is 6.54 Å². The molecule has 0 saturated heterocycles. The lowest BCUT2D eigenvalue weighted by Gasteiger charge is -2.08. The summed E-state index contributed by atoms with van der Waals surface area (Å²) in [6, 6.07) is 18.9. The molecule has 5 heteroatoms. The molecule has 1 amide bonds. The molecule has 0 bridgehead atoms. The SMILES string of the molecule is Cc1ccc(CNc2ccc(C(=O)Nc3cccc(Cl)c3)cn2)cc1. The van der Waals surface area contributed by atoms with E-state index >= 15 is 0 Å². The molecule has 0 aliphatic heterocycles. The maximum absolute atomic E-state index is 12.2. The Balaban J connectivity index is 1.59. The first-order valence-electron chi connectivity index (χ1n) is 7.92. The van der Waals surface area contributed by atoms with Crippen molar-refractivity contribution < 1.29 is 4.79 Å². The van der Waals surface area contributed by atoms with E-state index in [1.165, 1.54) is 11.1 Å². The lowest BCUT2D eigenvalue weighted by atomic mass is 10.1. The van der Waals surface area contributed by atoms with Gasteiger partial charge in [-0.25, -0.2) is 4.98 Å². The van der Waals surface area contributed by atoms with E-state index in [9.17, 15) is 4.79 Å². The van der Waals surface area contributed by atoms with E-state index in [1.807, 2.05) is 0 Å². The molecule has 4 nitrogen and oxygen atoms in total. The Morgan fingerprint density at radius 1 is 1.08 bits per heavy atom.